The van der Waals surface area contributed by atoms with Gasteiger partial charge < -0.3 is 15.4 Å². The number of aryl methyl sites for hydroxylation is 1. The zero-order valence-corrected chi connectivity index (χ0v) is 10.2. The Labute approximate surface area is 98.2 Å². The molecule has 0 aromatic carbocycles. The van der Waals surface area contributed by atoms with Crippen LogP contribution in [-0.2, 0) is 4.74 Å². The van der Waals surface area contributed by atoms with Crippen LogP contribution in [0, 0.1) is 6.92 Å². The first-order chi connectivity index (χ1) is 7.58. The van der Waals surface area contributed by atoms with Gasteiger partial charge in [0.1, 0.15) is 4.88 Å². The molecule has 1 amide bonds. The van der Waals surface area contributed by atoms with Crippen molar-refractivity contribution in [3.63, 3.8) is 0 Å². The number of morpholine rings is 1. The van der Waals surface area contributed by atoms with Gasteiger partial charge in [0.15, 0.2) is 5.13 Å². The summed E-state index contributed by atoms with van der Waals surface area (Å²) in [5.74, 6) is 0.0156. The molecule has 1 aliphatic rings. The van der Waals surface area contributed by atoms with Crippen LogP contribution in [0.3, 0.4) is 0 Å². The molecule has 1 aromatic rings. The molecule has 1 unspecified atom stereocenters. The number of carbonyl (C=O) groups excluding carboxylic acids is 1. The van der Waals surface area contributed by atoms with E-state index in [9.17, 15) is 4.79 Å². The average molecular weight is 241 g/mol. The van der Waals surface area contributed by atoms with Crippen molar-refractivity contribution in [2.45, 2.75) is 20.0 Å². The zero-order chi connectivity index (χ0) is 11.7. The summed E-state index contributed by atoms with van der Waals surface area (Å²) >= 11 is 1.25. The molecule has 0 radical (unpaired) electrons. The summed E-state index contributed by atoms with van der Waals surface area (Å²) in [6, 6.07) is 0. The van der Waals surface area contributed by atoms with E-state index < -0.39 is 0 Å². The van der Waals surface area contributed by atoms with Gasteiger partial charge in [-0.3, -0.25) is 4.79 Å². The van der Waals surface area contributed by atoms with Gasteiger partial charge in [-0.15, -0.1) is 0 Å². The molecule has 88 valence electrons. The fraction of sp³-hybridized carbons (Fsp3) is 0.600. The summed E-state index contributed by atoms with van der Waals surface area (Å²) in [5.41, 5.74) is 6.30. The number of carbonyl (C=O) groups is 1. The number of hydrogen-bond acceptors (Lipinski definition) is 5. The second-order valence-corrected chi connectivity index (χ2v) is 4.93. The third-order valence-electron chi connectivity index (χ3n) is 2.54. The highest BCUT2D eigenvalue weighted by Crippen LogP contribution is 2.22. The summed E-state index contributed by atoms with van der Waals surface area (Å²) in [6.45, 7) is 5.65. The zero-order valence-electron chi connectivity index (χ0n) is 9.40. The van der Waals surface area contributed by atoms with Crippen molar-refractivity contribution in [2.75, 3.05) is 25.4 Å². The van der Waals surface area contributed by atoms with E-state index in [4.69, 9.17) is 10.5 Å². The fourth-order valence-electron chi connectivity index (χ4n) is 1.76. The summed E-state index contributed by atoms with van der Waals surface area (Å²) in [6.07, 6.45) is 0.100. The predicted octanol–water partition coefficient (Wildman–Crippen LogP) is 0.895. The summed E-state index contributed by atoms with van der Waals surface area (Å²) in [7, 11) is 0. The van der Waals surface area contributed by atoms with Gasteiger partial charge in [-0.1, -0.05) is 11.3 Å². The normalized spacial score (nSPS) is 21.1. The second kappa shape index (κ2) is 4.39. The van der Waals surface area contributed by atoms with Gasteiger partial charge in [-0.2, -0.15) is 0 Å². The number of nitrogens with zero attached hydrogens (tertiary/aromatic N) is 2. The minimum Gasteiger partial charge on any atom is -0.375 e. The third-order valence-corrected chi connectivity index (χ3v) is 3.51. The smallest absolute Gasteiger partial charge is 0.266 e. The Bertz CT molecular complexity index is 405. The van der Waals surface area contributed by atoms with Crippen molar-refractivity contribution >= 4 is 22.4 Å². The molecule has 5 nitrogen and oxygen atoms in total. The highest BCUT2D eigenvalue weighted by molar-refractivity contribution is 7.17. The highest BCUT2D eigenvalue weighted by Gasteiger charge is 2.25. The Hall–Kier alpha value is -1.14. The van der Waals surface area contributed by atoms with Gasteiger partial charge in [0.2, 0.25) is 0 Å². The number of hydrogen-bond donors (Lipinski definition) is 1. The summed E-state index contributed by atoms with van der Waals surface area (Å²) in [4.78, 5) is 18.7. The van der Waals surface area contributed by atoms with Gasteiger partial charge in [0.05, 0.1) is 18.4 Å². The van der Waals surface area contributed by atoms with Gasteiger partial charge in [0.25, 0.3) is 5.91 Å². The van der Waals surface area contributed by atoms with Crippen molar-refractivity contribution in [3.8, 4) is 0 Å². The number of anilines is 1. The highest BCUT2D eigenvalue weighted by atomic mass is 32.1. The third kappa shape index (κ3) is 2.17. The van der Waals surface area contributed by atoms with Crippen molar-refractivity contribution in [3.05, 3.63) is 10.6 Å². The van der Waals surface area contributed by atoms with Crippen LogP contribution < -0.4 is 5.73 Å². The number of aromatic nitrogens is 1. The van der Waals surface area contributed by atoms with Crippen LogP contribution in [0.1, 0.15) is 22.3 Å². The lowest BCUT2D eigenvalue weighted by Crippen LogP contribution is -2.44. The number of thiazole rings is 1. The van der Waals surface area contributed by atoms with Crippen LogP contribution in [0.15, 0.2) is 0 Å². The minimum atomic E-state index is 0.0156. The molecule has 0 aliphatic carbocycles. The lowest BCUT2D eigenvalue weighted by Gasteiger charge is -2.30. The van der Waals surface area contributed by atoms with Crippen molar-refractivity contribution in [1.29, 1.82) is 0 Å². The number of nitrogen functional groups attached to an aromatic ring is 1. The largest absolute Gasteiger partial charge is 0.375 e. The SMILES string of the molecule is Cc1nc(N)sc1C(=O)N1CCOC(C)C1. The van der Waals surface area contributed by atoms with Crippen LogP contribution in [0.5, 0.6) is 0 Å². The average Bonchev–Trinajstić information content (AvgIpc) is 2.57. The van der Waals surface area contributed by atoms with E-state index in [1.807, 2.05) is 13.8 Å². The molecular weight excluding hydrogens is 226 g/mol. The maximum atomic E-state index is 12.2. The Kier molecular flexibility index (Phi) is 3.11. The maximum Gasteiger partial charge on any atom is 0.266 e. The number of amides is 1. The first kappa shape index (κ1) is 11.3. The van der Waals surface area contributed by atoms with E-state index in [-0.39, 0.29) is 12.0 Å². The Balaban J connectivity index is 2.15. The van der Waals surface area contributed by atoms with Gasteiger partial charge in [0, 0.05) is 13.1 Å². The molecule has 2 heterocycles. The standard InChI is InChI=1S/C10H15N3O2S/c1-6-5-13(3-4-15-6)9(14)8-7(2)12-10(11)16-8/h6H,3-5H2,1-2H3,(H2,11,12). The summed E-state index contributed by atoms with van der Waals surface area (Å²) < 4.78 is 5.40. The number of ether oxygens (including phenoxy) is 1. The Morgan fingerprint density at radius 3 is 3.00 bits per heavy atom. The quantitative estimate of drug-likeness (QED) is 0.793. The second-order valence-electron chi connectivity index (χ2n) is 3.90. The molecule has 6 heteroatoms. The fourth-order valence-corrected chi connectivity index (χ4v) is 2.56. The number of rotatable bonds is 1. The molecule has 0 spiro atoms. The molecule has 16 heavy (non-hydrogen) atoms. The van der Waals surface area contributed by atoms with E-state index in [0.717, 1.165) is 0 Å². The van der Waals surface area contributed by atoms with Gasteiger partial charge in [-0.25, -0.2) is 4.98 Å². The van der Waals surface area contributed by atoms with Gasteiger partial charge in [-0.05, 0) is 13.8 Å². The van der Waals surface area contributed by atoms with Gasteiger partial charge >= 0.3 is 0 Å². The van der Waals surface area contributed by atoms with Crippen LogP contribution in [0.4, 0.5) is 5.13 Å². The van der Waals surface area contributed by atoms with Crippen LogP contribution >= 0.6 is 11.3 Å². The minimum absolute atomic E-state index is 0.0156. The molecule has 1 fully saturated rings. The molecule has 0 bridgehead atoms. The van der Waals surface area contributed by atoms with Crippen LogP contribution in [-0.4, -0.2) is 41.6 Å². The van der Waals surface area contributed by atoms with Crippen molar-refractivity contribution in [1.82, 2.24) is 9.88 Å². The Morgan fingerprint density at radius 2 is 2.44 bits per heavy atom. The lowest BCUT2D eigenvalue weighted by molar-refractivity contribution is -0.0122. The molecule has 1 aromatic heterocycles. The van der Waals surface area contributed by atoms with Crippen LogP contribution in [0.25, 0.3) is 0 Å². The van der Waals surface area contributed by atoms with E-state index >= 15 is 0 Å². The monoisotopic (exact) mass is 241 g/mol. The first-order valence-electron chi connectivity index (χ1n) is 5.21. The lowest BCUT2D eigenvalue weighted by atomic mass is 10.2. The van der Waals surface area contributed by atoms with Crippen LogP contribution in [0.2, 0.25) is 0 Å². The first-order valence-corrected chi connectivity index (χ1v) is 6.03. The van der Waals surface area contributed by atoms with E-state index in [1.165, 1.54) is 11.3 Å². The van der Waals surface area contributed by atoms with E-state index in [1.54, 1.807) is 4.90 Å². The van der Waals surface area contributed by atoms with Crippen molar-refractivity contribution < 1.29 is 9.53 Å². The van der Waals surface area contributed by atoms with E-state index in [2.05, 4.69) is 4.98 Å². The van der Waals surface area contributed by atoms with Crippen molar-refractivity contribution in [2.24, 2.45) is 0 Å². The molecule has 2 rings (SSSR count). The molecule has 1 saturated heterocycles. The molecule has 0 saturated carbocycles. The number of nitrogens with two attached hydrogens (primary N) is 1. The predicted molar refractivity (Wildman–Crippen MR) is 62.6 cm³/mol. The molecule has 2 N–H and O–H groups in total. The van der Waals surface area contributed by atoms with E-state index in [0.29, 0.717) is 35.4 Å². The maximum absolute atomic E-state index is 12.2. The summed E-state index contributed by atoms with van der Waals surface area (Å²) in [5, 5.41) is 0.446. The molecule has 1 atom stereocenters. The molecular formula is C10H15N3O2S. The molecule has 1 aliphatic heterocycles. The Morgan fingerprint density at radius 1 is 1.69 bits per heavy atom. The topological polar surface area (TPSA) is 68.5 Å².